The highest BCUT2D eigenvalue weighted by Gasteiger charge is 2.29. The molecule has 3 aromatic rings. The molecule has 5 nitrogen and oxygen atoms in total. The number of carbonyl (C=O) groups is 2. The average molecular weight is 587 g/mol. The third kappa shape index (κ3) is 6.78. The maximum absolute atomic E-state index is 13.9. The summed E-state index contributed by atoms with van der Waals surface area (Å²) in [5, 5.41) is 4.00. The van der Waals surface area contributed by atoms with Gasteiger partial charge in [0.05, 0.1) is 10.6 Å². The number of aryl methyl sites for hydroxylation is 1. The van der Waals surface area contributed by atoms with E-state index in [2.05, 4.69) is 16.3 Å². The Hall–Kier alpha value is -2.57. The van der Waals surface area contributed by atoms with E-state index in [1.807, 2.05) is 30.0 Å². The number of likely N-dealkylation sites (tertiary alicyclic amines) is 1. The SMILES string of the molecule is Cc1cc(NC(=O)c2ccccc2Cl)ccc1C(=O)N1CCCC(CCN2CCCC2)c2cc(Cl)ccc21.Cl. The minimum atomic E-state index is -0.285. The standard InChI is InChI=1S/C31H33Cl2N3O2.ClH/c1-21-19-24(34-30(37)26-8-2-3-9-28(26)33)11-12-25(21)31(38)36-17-6-7-22(14-18-35-15-4-5-16-35)27-20-23(32)10-13-29(27)36;/h2-3,8-13,19-20,22H,4-7,14-18H2,1H3,(H,34,37);1H. The van der Waals surface area contributed by atoms with Gasteiger partial charge in [-0.25, -0.2) is 0 Å². The highest BCUT2D eigenvalue weighted by Crippen LogP contribution is 2.39. The normalized spacial score (nSPS) is 17.2. The van der Waals surface area contributed by atoms with Crippen LogP contribution in [0.3, 0.4) is 0 Å². The van der Waals surface area contributed by atoms with Gasteiger partial charge in [0.25, 0.3) is 11.8 Å². The molecule has 2 aliphatic rings. The smallest absolute Gasteiger partial charge is 0.258 e. The van der Waals surface area contributed by atoms with Crippen LogP contribution >= 0.6 is 35.6 Å². The summed E-state index contributed by atoms with van der Waals surface area (Å²) in [6.45, 7) is 6.03. The fourth-order valence-corrected chi connectivity index (χ4v) is 6.10. The van der Waals surface area contributed by atoms with Crippen LogP contribution in [-0.4, -0.2) is 42.9 Å². The van der Waals surface area contributed by atoms with Crippen LogP contribution < -0.4 is 10.2 Å². The van der Waals surface area contributed by atoms with Gasteiger partial charge in [0.2, 0.25) is 0 Å². The van der Waals surface area contributed by atoms with Crippen molar-refractivity contribution in [2.75, 3.05) is 36.4 Å². The zero-order valence-corrected chi connectivity index (χ0v) is 24.4. The molecule has 1 atom stereocenters. The van der Waals surface area contributed by atoms with E-state index in [-0.39, 0.29) is 24.2 Å². The summed E-state index contributed by atoms with van der Waals surface area (Å²) in [5.74, 6) is 0.0632. The largest absolute Gasteiger partial charge is 0.322 e. The Kier molecular flexibility index (Phi) is 9.95. The summed E-state index contributed by atoms with van der Waals surface area (Å²) in [6, 6.07) is 18.3. The summed E-state index contributed by atoms with van der Waals surface area (Å²) in [4.78, 5) is 31.0. The molecule has 39 heavy (non-hydrogen) atoms. The Morgan fingerprint density at radius 2 is 1.69 bits per heavy atom. The fraction of sp³-hybridized carbons (Fsp3) is 0.355. The van der Waals surface area contributed by atoms with E-state index in [1.165, 1.54) is 31.5 Å². The lowest BCUT2D eigenvalue weighted by Crippen LogP contribution is -2.32. The lowest BCUT2D eigenvalue weighted by molar-refractivity contribution is 0.0985. The van der Waals surface area contributed by atoms with Gasteiger partial charge in [0.15, 0.2) is 0 Å². The number of hydrogen-bond donors (Lipinski definition) is 1. The molecule has 1 unspecified atom stereocenters. The van der Waals surface area contributed by atoms with Crippen LogP contribution in [0.2, 0.25) is 10.0 Å². The number of nitrogens with zero attached hydrogens (tertiary/aromatic N) is 2. The lowest BCUT2D eigenvalue weighted by atomic mass is 9.91. The van der Waals surface area contributed by atoms with Crippen molar-refractivity contribution in [2.24, 2.45) is 0 Å². The minimum absolute atomic E-state index is 0. The third-order valence-corrected chi connectivity index (χ3v) is 8.29. The van der Waals surface area contributed by atoms with Crippen molar-refractivity contribution in [1.82, 2.24) is 4.90 Å². The fourth-order valence-electron chi connectivity index (χ4n) is 5.70. The van der Waals surface area contributed by atoms with E-state index in [1.54, 1.807) is 36.4 Å². The van der Waals surface area contributed by atoms with Crippen LogP contribution in [0.4, 0.5) is 11.4 Å². The van der Waals surface area contributed by atoms with Gasteiger partial charge in [0, 0.05) is 28.5 Å². The predicted octanol–water partition coefficient (Wildman–Crippen LogP) is 7.99. The molecule has 1 N–H and O–H groups in total. The zero-order chi connectivity index (χ0) is 26.6. The number of benzene rings is 3. The van der Waals surface area contributed by atoms with Crippen molar-refractivity contribution in [1.29, 1.82) is 0 Å². The van der Waals surface area contributed by atoms with Crippen LogP contribution in [0.5, 0.6) is 0 Å². The molecule has 0 aromatic heterocycles. The van der Waals surface area contributed by atoms with Crippen molar-refractivity contribution in [2.45, 2.75) is 44.9 Å². The number of anilines is 2. The first kappa shape index (κ1) is 29.4. The summed E-state index contributed by atoms with van der Waals surface area (Å²) < 4.78 is 0. The Morgan fingerprint density at radius 3 is 2.44 bits per heavy atom. The Balaban J connectivity index is 0.00000353. The molecule has 1 saturated heterocycles. The van der Waals surface area contributed by atoms with Gasteiger partial charge in [-0.1, -0.05) is 35.3 Å². The summed E-state index contributed by atoms with van der Waals surface area (Å²) >= 11 is 12.6. The van der Waals surface area contributed by atoms with E-state index in [0.29, 0.717) is 39.3 Å². The quantitative estimate of drug-likeness (QED) is 0.319. The summed E-state index contributed by atoms with van der Waals surface area (Å²) in [5.41, 5.74) is 4.58. The minimum Gasteiger partial charge on any atom is -0.322 e. The molecule has 2 amide bonds. The van der Waals surface area contributed by atoms with Crippen molar-refractivity contribution in [3.63, 3.8) is 0 Å². The van der Waals surface area contributed by atoms with Crippen molar-refractivity contribution < 1.29 is 9.59 Å². The first-order valence-electron chi connectivity index (χ1n) is 13.4. The van der Waals surface area contributed by atoms with Crippen molar-refractivity contribution in [3.8, 4) is 0 Å². The molecule has 0 aliphatic carbocycles. The molecule has 8 heteroatoms. The van der Waals surface area contributed by atoms with Crippen LogP contribution in [0.25, 0.3) is 0 Å². The maximum Gasteiger partial charge on any atom is 0.258 e. The van der Waals surface area contributed by atoms with Gasteiger partial charge in [-0.15, -0.1) is 12.4 Å². The summed E-state index contributed by atoms with van der Waals surface area (Å²) in [7, 11) is 0. The van der Waals surface area contributed by atoms with Crippen LogP contribution in [0.1, 0.15) is 69.9 Å². The number of halogens is 3. The van der Waals surface area contributed by atoms with Crippen molar-refractivity contribution in [3.05, 3.63) is 93.0 Å². The number of hydrogen-bond acceptors (Lipinski definition) is 3. The van der Waals surface area contributed by atoms with Gasteiger partial charge < -0.3 is 15.1 Å². The van der Waals surface area contributed by atoms with Gasteiger partial charge >= 0.3 is 0 Å². The highest BCUT2D eigenvalue weighted by molar-refractivity contribution is 6.34. The monoisotopic (exact) mass is 585 g/mol. The molecule has 2 heterocycles. The molecular formula is C31H34Cl3N3O2. The molecule has 0 saturated carbocycles. The molecule has 206 valence electrons. The topological polar surface area (TPSA) is 52.7 Å². The third-order valence-electron chi connectivity index (χ3n) is 7.73. The van der Waals surface area contributed by atoms with Crippen LogP contribution in [0, 0.1) is 6.92 Å². The lowest BCUT2D eigenvalue weighted by Gasteiger charge is -2.26. The van der Waals surface area contributed by atoms with E-state index in [0.717, 1.165) is 37.1 Å². The second-order valence-electron chi connectivity index (χ2n) is 10.3. The molecule has 1 fully saturated rings. The molecule has 2 aliphatic heterocycles. The second-order valence-corrected chi connectivity index (χ2v) is 11.1. The van der Waals surface area contributed by atoms with E-state index in [4.69, 9.17) is 23.2 Å². The Bertz CT molecular complexity index is 1340. The molecule has 3 aromatic carbocycles. The molecule has 0 radical (unpaired) electrons. The molecular weight excluding hydrogens is 553 g/mol. The number of amides is 2. The van der Waals surface area contributed by atoms with Gasteiger partial charge in [-0.3, -0.25) is 9.59 Å². The van der Waals surface area contributed by atoms with Gasteiger partial charge in [-0.2, -0.15) is 0 Å². The zero-order valence-electron chi connectivity index (χ0n) is 22.1. The van der Waals surface area contributed by atoms with Crippen LogP contribution in [0.15, 0.2) is 60.7 Å². The maximum atomic E-state index is 13.9. The number of rotatable bonds is 6. The predicted molar refractivity (Wildman–Crippen MR) is 163 cm³/mol. The van der Waals surface area contributed by atoms with E-state index < -0.39 is 0 Å². The van der Waals surface area contributed by atoms with E-state index >= 15 is 0 Å². The molecule has 0 spiro atoms. The number of carbonyl (C=O) groups excluding carboxylic acids is 2. The molecule has 0 bridgehead atoms. The number of fused-ring (bicyclic) bond motifs is 1. The average Bonchev–Trinajstić information content (AvgIpc) is 3.36. The van der Waals surface area contributed by atoms with Gasteiger partial charge in [0.1, 0.15) is 0 Å². The van der Waals surface area contributed by atoms with Gasteiger partial charge in [-0.05, 0) is 124 Å². The number of nitrogens with one attached hydrogen (secondary N) is 1. The first-order valence-corrected chi connectivity index (χ1v) is 14.2. The second kappa shape index (κ2) is 13.2. The molecule has 5 rings (SSSR count). The summed E-state index contributed by atoms with van der Waals surface area (Å²) in [6.07, 6.45) is 5.63. The Labute approximate surface area is 246 Å². The Morgan fingerprint density at radius 1 is 0.923 bits per heavy atom. The highest BCUT2D eigenvalue weighted by atomic mass is 35.5. The first-order chi connectivity index (χ1) is 18.4. The van der Waals surface area contributed by atoms with Crippen molar-refractivity contribution >= 4 is 58.8 Å². The van der Waals surface area contributed by atoms with E-state index in [9.17, 15) is 9.59 Å². The van der Waals surface area contributed by atoms with Crippen LogP contribution in [-0.2, 0) is 0 Å².